The molecule has 0 radical (unpaired) electrons. The van der Waals surface area contributed by atoms with E-state index in [1.807, 2.05) is 24.5 Å². The van der Waals surface area contributed by atoms with Crippen LogP contribution in [0, 0.1) is 5.41 Å². The molecule has 4 heteroatoms. The zero-order chi connectivity index (χ0) is 17.0. The highest BCUT2D eigenvalue weighted by Gasteiger charge is 2.16. The molecule has 1 aromatic carbocycles. The molecule has 0 aliphatic carbocycles. The Morgan fingerprint density at radius 1 is 1.04 bits per heavy atom. The third-order valence-electron chi connectivity index (χ3n) is 4.36. The Balaban J connectivity index is 1.75. The molecule has 0 aliphatic rings. The predicted molar refractivity (Wildman–Crippen MR) is 100 cm³/mol. The third-order valence-corrected chi connectivity index (χ3v) is 4.36. The van der Waals surface area contributed by atoms with Crippen molar-refractivity contribution in [1.29, 1.82) is 0 Å². The number of hydrogen-bond donors (Lipinski definition) is 1. The number of nitrogens with one attached hydrogen (secondary N) is 1. The van der Waals surface area contributed by atoms with Gasteiger partial charge in [0.1, 0.15) is 0 Å². The van der Waals surface area contributed by atoms with Crippen molar-refractivity contribution in [3.8, 4) is 0 Å². The van der Waals surface area contributed by atoms with Gasteiger partial charge in [-0.2, -0.15) is 0 Å². The topological polar surface area (TPSA) is 47.0 Å². The van der Waals surface area contributed by atoms with E-state index in [4.69, 9.17) is 4.74 Å². The van der Waals surface area contributed by atoms with E-state index < -0.39 is 0 Å². The van der Waals surface area contributed by atoms with Crippen molar-refractivity contribution in [2.24, 2.45) is 5.41 Å². The van der Waals surface area contributed by atoms with E-state index >= 15 is 0 Å². The van der Waals surface area contributed by atoms with Crippen LogP contribution in [0.3, 0.4) is 0 Å². The fraction of sp³-hybridized carbons (Fsp3) is 0.400. The van der Waals surface area contributed by atoms with Crippen molar-refractivity contribution in [3.63, 3.8) is 0 Å². The zero-order valence-corrected chi connectivity index (χ0v) is 14.7. The van der Waals surface area contributed by atoms with Crippen LogP contribution < -0.4 is 5.32 Å². The van der Waals surface area contributed by atoms with Gasteiger partial charge < -0.3 is 10.1 Å². The molecule has 0 bridgehead atoms. The molecule has 0 saturated carbocycles. The summed E-state index contributed by atoms with van der Waals surface area (Å²) < 4.78 is 5.28. The van der Waals surface area contributed by atoms with Gasteiger partial charge in [0.15, 0.2) is 0 Å². The highest BCUT2D eigenvalue weighted by Crippen LogP contribution is 2.28. The van der Waals surface area contributed by atoms with Crippen LogP contribution >= 0.6 is 0 Å². The van der Waals surface area contributed by atoms with Crippen molar-refractivity contribution >= 4 is 27.5 Å². The molecular formula is C20H25N3O. The van der Waals surface area contributed by atoms with Crippen LogP contribution in [0.2, 0.25) is 0 Å². The van der Waals surface area contributed by atoms with E-state index in [0.717, 1.165) is 53.5 Å². The molecule has 4 nitrogen and oxygen atoms in total. The van der Waals surface area contributed by atoms with Gasteiger partial charge in [-0.05, 0) is 36.5 Å². The van der Waals surface area contributed by atoms with Crippen LogP contribution in [0.15, 0.2) is 42.7 Å². The minimum absolute atomic E-state index is 0.219. The highest BCUT2D eigenvalue weighted by atomic mass is 16.5. The molecule has 0 unspecified atom stereocenters. The molecule has 24 heavy (non-hydrogen) atoms. The van der Waals surface area contributed by atoms with E-state index in [1.54, 1.807) is 7.11 Å². The Morgan fingerprint density at radius 3 is 2.71 bits per heavy atom. The number of pyridine rings is 2. The summed E-state index contributed by atoms with van der Waals surface area (Å²) in [5.41, 5.74) is 3.26. The average molecular weight is 323 g/mol. The summed E-state index contributed by atoms with van der Waals surface area (Å²) in [4.78, 5) is 9.04. The number of benzene rings is 1. The smallest absolute Gasteiger partial charge is 0.0985 e. The lowest BCUT2D eigenvalue weighted by Gasteiger charge is -2.23. The second-order valence-corrected chi connectivity index (χ2v) is 7.02. The van der Waals surface area contributed by atoms with Crippen molar-refractivity contribution in [2.75, 3.05) is 25.6 Å². The van der Waals surface area contributed by atoms with Gasteiger partial charge in [0.05, 0.1) is 17.6 Å². The first-order chi connectivity index (χ1) is 11.6. The van der Waals surface area contributed by atoms with Crippen molar-refractivity contribution < 1.29 is 4.74 Å². The summed E-state index contributed by atoms with van der Waals surface area (Å²) in [6, 6.07) is 10.3. The maximum Gasteiger partial charge on any atom is 0.0985 e. The minimum atomic E-state index is 0.219. The van der Waals surface area contributed by atoms with Crippen LogP contribution in [-0.4, -0.2) is 30.2 Å². The number of aromatic nitrogens is 2. The number of methoxy groups -OCH3 is 1. The van der Waals surface area contributed by atoms with Gasteiger partial charge in [-0.15, -0.1) is 0 Å². The second kappa shape index (κ2) is 7.14. The van der Waals surface area contributed by atoms with Gasteiger partial charge >= 0.3 is 0 Å². The molecule has 3 rings (SSSR count). The highest BCUT2D eigenvalue weighted by molar-refractivity contribution is 6.06. The monoisotopic (exact) mass is 323 g/mol. The lowest BCUT2D eigenvalue weighted by Crippen LogP contribution is -2.19. The molecule has 0 spiro atoms. The van der Waals surface area contributed by atoms with Gasteiger partial charge in [0, 0.05) is 42.5 Å². The number of nitrogens with zero attached hydrogens (tertiary/aromatic N) is 2. The lowest BCUT2D eigenvalue weighted by molar-refractivity contribution is 0.0974. The first-order valence-electron chi connectivity index (χ1n) is 8.46. The van der Waals surface area contributed by atoms with Gasteiger partial charge in [-0.3, -0.25) is 9.97 Å². The second-order valence-electron chi connectivity index (χ2n) is 7.02. The Morgan fingerprint density at radius 2 is 1.88 bits per heavy atom. The van der Waals surface area contributed by atoms with Gasteiger partial charge in [0.2, 0.25) is 0 Å². The number of fused-ring (bicyclic) bond motifs is 3. The van der Waals surface area contributed by atoms with Crippen LogP contribution in [0.1, 0.15) is 26.7 Å². The number of hydrogen-bond acceptors (Lipinski definition) is 4. The average Bonchev–Trinajstić information content (AvgIpc) is 2.58. The molecule has 126 valence electrons. The molecule has 0 amide bonds. The molecule has 0 fully saturated rings. The fourth-order valence-electron chi connectivity index (χ4n) is 3.16. The summed E-state index contributed by atoms with van der Waals surface area (Å²) in [5, 5.41) is 5.80. The first kappa shape index (κ1) is 16.7. The summed E-state index contributed by atoms with van der Waals surface area (Å²) >= 11 is 0. The molecule has 3 aromatic rings. The molecule has 2 heterocycles. The number of anilines is 1. The first-order valence-corrected chi connectivity index (χ1v) is 8.46. The maximum absolute atomic E-state index is 5.28. The van der Waals surface area contributed by atoms with Crippen LogP contribution in [-0.2, 0) is 4.74 Å². The quantitative estimate of drug-likeness (QED) is 0.508. The SMILES string of the molecule is COCC(C)(C)CCCNc1ccnc2c1ccc1cccnc12. The number of rotatable bonds is 7. The van der Waals surface area contributed by atoms with E-state index in [2.05, 4.69) is 47.3 Å². The standard InChI is InChI=1S/C20H25N3O/c1-20(2,14-24-3)10-5-12-21-17-9-13-23-19-16(17)8-7-15-6-4-11-22-18(15)19/h4,6-9,11,13H,5,10,12,14H2,1-3H3,(H,21,23). The van der Waals surface area contributed by atoms with E-state index in [-0.39, 0.29) is 5.41 Å². The molecule has 0 atom stereocenters. The summed E-state index contributed by atoms with van der Waals surface area (Å²) in [7, 11) is 1.77. The maximum atomic E-state index is 5.28. The lowest BCUT2D eigenvalue weighted by atomic mass is 9.89. The number of ether oxygens (including phenoxy) is 1. The van der Waals surface area contributed by atoms with E-state index in [9.17, 15) is 0 Å². The van der Waals surface area contributed by atoms with Gasteiger partial charge in [-0.25, -0.2) is 0 Å². The van der Waals surface area contributed by atoms with Gasteiger partial charge in [0.25, 0.3) is 0 Å². The molecule has 1 N–H and O–H groups in total. The van der Waals surface area contributed by atoms with Crippen LogP contribution in [0.4, 0.5) is 5.69 Å². The van der Waals surface area contributed by atoms with Gasteiger partial charge in [-0.1, -0.05) is 26.0 Å². The van der Waals surface area contributed by atoms with E-state index in [1.165, 1.54) is 0 Å². The molecule has 2 aromatic heterocycles. The Kier molecular flexibility index (Phi) is 4.95. The summed E-state index contributed by atoms with van der Waals surface area (Å²) in [5.74, 6) is 0. The largest absolute Gasteiger partial charge is 0.384 e. The fourth-order valence-corrected chi connectivity index (χ4v) is 3.16. The van der Waals surface area contributed by atoms with Crippen LogP contribution in [0.25, 0.3) is 21.8 Å². The van der Waals surface area contributed by atoms with Crippen molar-refractivity contribution in [1.82, 2.24) is 9.97 Å². The predicted octanol–water partition coefficient (Wildman–Crippen LogP) is 4.65. The zero-order valence-electron chi connectivity index (χ0n) is 14.7. The van der Waals surface area contributed by atoms with Crippen molar-refractivity contribution in [2.45, 2.75) is 26.7 Å². The van der Waals surface area contributed by atoms with Crippen molar-refractivity contribution in [3.05, 3.63) is 42.7 Å². The third kappa shape index (κ3) is 3.65. The summed E-state index contributed by atoms with van der Waals surface area (Å²) in [6.45, 7) is 6.22. The Hall–Kier alpha value is -2.20. The Bertz CT molecular complexity index is 829. The minimum Gasteiger partial charge on any atom is -0.384 e. The summed E-state index contributed by atoms with van der Waals surface area (Å²) in [6.07, 6.45) is 5.91. The molecule has 0 saturated heterocycles. The normalized spacial score (nSPS) is 12.0. The van der Waals surface area contributed by atoms with Crippen LogP contribution in [0.5, 0.6) is 0 Å². The van der Waals surface area contributed by atoms with E-state index in [0.29, 0.717) is 0 Å². The molecule has 0 aliphatic heterocycles. The Labute approximate surface area is 143 Å². The molecular weight excluding hydrogens is 298 g/mol.